The third-order valence-corrected chi connectivity index (χ3v) is 4.85. The number of ether oxygens (including phenoxy) is 1. The summed E-state index contributed by atoms with van der Waals surface area (Å²) in [4.78, 5) is 11.3. The van der Waals surface area contributed by atoms with Gasteiger partial charge in [0, 0.05) is 36.5 Å². The Hall–Kier alpha value is -2.55. The number of esters is 1. The fourth-order valence-corrected chi connectivity index (χ4v) is 3.85. The van der Waals surface area contributed by atoms with E-state index < -0.39 is 0 Å². The zero-order valence-corrected chi connectivity index (χ0v) is 13.9. The summed E-state index contributed by atoms with van der Waals surface area (Å²) in [7, 11) is 0. The lowest BCUT2D eigenvalue weighted by atomic mass is 9.93. The number of carbonyl (C=O) groups is 1. The van der Waals surface area contributed by atoms with Crippen LogP contribution in [0.15, 0.2) is 54.6 Å². The number of hydrogen-bond acceptors (Lipinski definition) is 2. The molecule has 0 radical (unpaired) electrons. The Balaban J connectivity index is 1.77. The van der Waals surface area contributed by atoms with Crippen LogP contribution in [0, 0.1) is 0 Å². The zero-order valence-electron chi connectivity index (χ0n) is 13.9. The van der Waals surface area contributed by atoms with Crippen molar-refractivity contribution in [2.75, 3.05) is 0 Å². The van der Waals surface area contributed by atoms with Crippen molar-refractivity contribution in [1.82, 2.24) is 4.57 Å². The molecule has 0 N–H and O–H groups in total. The molecule has 3 nitrogen and oxygen atoms in total. The summed E-state index contributed by atoms with van der Waals surface area (Å²) >= 11 is 0. The molecule has 0 fully saturated rings. The fraction of sp³-hybridized carbons (Fsp3) is 0.286. The van der Waals surface area contributed by atoms with E-state index in [1.807, 2.05) is 0 Å². The largest absolute Gasteiger partial charge is 0.462 e. The molecule has 4 rings (SSSR count). The molecule has 24 heavy (non-hydrogen) atoms. The molecule has 0 amide bonds. The Bertz CT molecular complexity index is 879. The molecule has 1 atom stereocenters. The average Bonchev–Trinajstić information content (AvgIpc) is 2.89. The standard InChI is InChI=1S/C21H21NO2/c1-15(23)24-17-11-12-21-19(13-17)18-9-5-6-10-20(18)22(21)14-16-7-3-2-4-8-16/h2-10,17H,11-14H2,1H3. The van der Waals surface area contributed by atoms with Gasteiger partial charge in [0.2, 0.25) is 0 Å². The summed E-state index contributed by atoms with van der Waals surface area (Å²) in [6.07, 6.45) is 2.68. The minimum atomic E-state index is -0.184. The van der Waals surface area contributed by atoms with E-state index in [2.05, 4.69) is 59.2 Å². The maximum atomic E-state index is 11.3. The number of fused-ring (bicyclic) bond motifs is 3. The summed E-state index contributed by atoms with van der Waals surface area (Å²) in [5.41, 5.74) is 5.32. The van der Waals surface area contributed by atoms with Gasteiger partial charge in [-0.1, -0.05) is 48.5 Å². The van der Waals surface area contributed by atoms with E-state index in [0.29, 0.717) is 0 Å². The van der Waals surface area contributed by atoms with Gasteiger partial charge in [0.1, 0.15) is 6.10 Å². The minimum absolute atomic E-state index is 0.00554. The Morgan fingerprint density at radius 3 is 2.67 bits per heavy atom. The maximum absolute atomic E-state index is 11.3. The van der Waals surface area contributed by atoms with Crippen LogP contribution in [0.3, 0.4) is 0 Å². The molecule has 3 aromatic rings. The lowest BCUT2D eigenvalue weighted by Gasteiger charge is -2.23. The Morgan fingerprint density at radius 1 is 1.12 bits per heavy atom. The molecule has 0 aliphatic heterocycles. The highest BCUT2D eigenvalue weighted by Gasteiger charge is 2.26. The number of para-hydroxylation sites is 1. The number of carbonyl (C=O) groups excluding carboxylic acids is 1. The van der Waals surface area contributed by atoms with Crippen molar-refractivity contribution >= 4 is 16.9 Å². The van der Waals surface area contributed by atoms with Gasteiger partial charge in [-0.2, -0.15) is 0 Å². The van der Waals surface area contributed by atoms with Gasteiger partial charge in [0.05, 0.1) is 0 Å². The van der Waals surface area contributed by atoms with E-state index in [1.54, 1.807) is 0 Å². The van der Waals surface area contributed by atoms with Crippen molar-refractivity contribution in [1.29, 1.82) is 0 Å². The highest BCUT2D eigenvalue weighted by atomic mass is 16.5. The second kappa shape index (κ2) is 6.16. The smallest absolute Gasteiger partial charge is 0.302 e. The number of hydrogen-bond donors (Lipinski definition) is 0. The van der Waals surface area contributed by atoms with E-state index in [4.69, 9.17) is 4.74 Å². The van der Waals surface area contributed by atoms with Gasteiger partial charge >= 0.3 is 5.97 Å². The van der Waals surface area contributed by atoms with Crippen LogP contribution in [0.5, 0.6) is 0 Å². The number of aromatic nitrogens is 1. The highest BCUT2D eigenvalue weighted by molar-refractivity contribution is 5.86. The van der Waals surface area contributed by atoms with Gasteiger partial charge in [-0.25, -0.2) is 0 Å². The zero-order chi connectivity index (χ0) is 16.5. The van der Waals surface area contributed by atoms with Gasteiger partial charge in [0.25, 0.3) is 0 Å². The van der Waals surface area contributed by atoms with Gasteiger partial charge < -0.3 is 9.30 Å². The molecule has 1 unspecified atom stereocenters. The van der Waals surface area contributed by atoms with Crippen LogP contribution in [-0.2, 0) is 28.9 Å². The normalized spacial score (nSPS) is 16.8. The summed E-state index contributed by atoms with van der Waals surface area (Å²) in [5.74, 6) is -0.184. The van der Waals surface area contributed by atoms with Gasteiger partial charge in [-0.3, -0.25) is 4.79 Å². The molecule has 1 heterocycles. The molecule has 0 saturated carbocycles. The van der Waals surface area contributed by atoms with E-state index in [9.17, 15) is 4.79 Å². The van der Waals surface area contributed by atoms with Crippen LogP contribution in [0.25, 0.3) is 10.9 Å². The highest BCUT2D eigenvalue weighted by Crippen LogP contribution is 2.33. The van der Waals surface area contributed by atoms with Crippen LogP contribution >= 0.6 is 0 Å². The predicted molar refractivity (Wildman–Crippen MR) is 95.1 cm³/mol. The van der Waals surface area contributed by atoms with Crippen LogP contribution in [0.2, 0.25) is 0 Å². The lowest BCUT2D eigenvalue weighted by molar-refractivity contribution is -0.146. The quantitative estimate of drug-likeness (QED) is 0.680. The van der Waals surface area contributed by atoms with Crippen molar-refractivity contribution in [3.05, 3.63) is 71.4 Å². The monoisotopic (exact) mass is 319 g/mol. The Kier molecular flexibility index (Phi) is 3.85. The first kappa shape index (κ1) is 15.0. The average molecular weight is 319 g/mol. The third kappa shape index (κ3) is 2.71. The van der Waals surface area contributed by atoms with Crippen molar-refractivity contribution in [2.24, 2.45) is 0 Å². The number of nitrogens with zero attached hydrogens (tertiary/aromatic N) is 1. The molecule has 0 bridgehead atoms. The van der Waals surface area contributed by atoms with Crippen molar-refractivity contribution in [3.8, 4) is 0 Å². The first-order chi connectivity index (χ1) is 11.7. The molecule has 0 spiro atoms. The summed E-state index contributed by atoms with van der Waals surface area (Å²) in [5, 5.41) is 1.29. The molecular formula is C21H21NO2. The molecular weight excluding hydrogens is 298 g/mol. The van der Waals surface area contributed by atoms with E-state index in [0.717, 1.165) is 25.8 Å². The molecule has 3 heteroatoms. The summed E-state index contributed by atoms with van der Waals surface area (Å²) in [6, 6.07) is 19.1. The SMILES string of the molecule is CC(=O)OC1CCc2c(c3ccccc3n2Cc2ccccc2)C1. The van der Waals surface area contributed by atoms with Gasteiger partial charge in [-0.15, -0.1) is 0 Å². The lowest BCUT2D eigenvalue weighted by Crippen LogP contribution is -2.25. The molecule has 1 aliphatic rings. The number of rotatable bonds is 3. The van der Waals surface area contributed by atoms with E-state index >= 15 is 0 Å². The van der Waals surface area contributed by atoms with Crippen LogP contribution in [0.1, 0.15) is 30.2 Å². The Morgan fingerprint density at radius 2 is 1.88 bits per heavy atom. The van der Waals surface area contributed by atoms with Crippen molar-refractivity contribution in [2.45, 2.75) is 38.8 Å². The molecule has 1 aliphatic carbocycles. The third-order valence-electron chi connectivity index (χ3n) is 4.85. The molecule has 122 valence electrons. The topological polar surface area (TPSA) is 31.2 Å². The van der Waals surface area contributed by atoms with Crippen LogP contribution in [-0.4, -0.2) is 16.6 Å². The maximum Gasteiger partial charge on any atom is 0.302 e. The number of benzene rings is 2. The molecule has 2 aromatic carbocycles. The second-order valence-corrected chi connectivity index (χ2v) is 6.49. The van der Waals surface area contributed by atoms with Crippen LogP contribution in [0.4, 0.5) is 0 Å². The Labute approximate surface area is 141 Å². The van der Waals surface area contributed by atoms with Crippen molar-refractivity contribution in [3.63, 3.8) is 0 Å². The van der Waals surface area contributed by atoms with E-state index in [1.165, 1.54) is 34.6 Å². The van der Waals surface area contributed by atoms with Crippen molar-refractivity contribution < 1.29 is 9.53 Å². The minimum Gasteiger partial charge on any atom is -0.462 e. The van der Waals surface area contributed by atoms with E-state index in [-0.39, 0.29) is 12.1 Å². The van der Waals surface area contributed by atoms with Gasteiger partial charge in [0.15, 0.2) is 0 Å². The molecule has 1 aromatic heterocycles. The summed E-state index contributed by atoms with van der Waals surface area (Å²) in [6.45, 7) is 2.38. The second-order valence-electron chi connectivity index (χ2n) is 6.49. The fourth-order valence-electron chi connectivity index (χ4n) is 3.85. The molecule has 0 saturated heterocycles. The first-order valence-corrected chi connectivity index (χ1v) is 8.52. The van der Waals surface area contributed by atoms with Gasteiger partial charge in [-0.05, 0) is 30.0 Å². The first-order valence-electron chi connectivity index (χ1n) is 8.52. The van der Waals surface area contributed by atoms with Crippen LogP contribution < -0.4 is 0 Å². The predicted octanol–water partition coefficient (Wildman–Crippen LogP) is 4.11. The summed E-state index contributed by atoms with van der Waals surface area (Å²) < 4.78 is 7.91.